The van der Waals surface area contributed by atoms with Crippen molar-refractivity contribution in [3.63, 3.8) is 0 Å². The van der Waals surface area contributed by atoms with E-state index < -0.39 is 5.91 Å². The summed E-state index contributed by atoms with van der Waals surface area (Å²) in [6, 6.07) is 3.87. The number of nitrogens with one attached hydrogen (secondary N) is 2. The second kappa shape index (κ2) is 10.2. The van der Waals surface area contributed by atoms with Gasteiger partial charge in [0, 0.05) is 63.6 Å². The molecule has 1 amide bonds. The minimum atomic E-state index is -0.500. The Bertz CT molecular complexity index is 1280. The maximum Gasteiger partial charge on any atom is 0.283 e. The van der Waals surface area contributed by atoms with E-state index in [0.29, 0.717) is 30.2 Å². The van der Waals surface area contributed by atoms with Crippen LogP contribution in [0.3, 0.4) is 0 Å². The number of nitrogens with two attached hydrogens (primary N) is 1. The van der Waals surface area contributed by atoms with Crippen LogP contribution in [0.4, 0.5) is 11.8 Å². The molecule has 0 spiro atoms. The molecular weight excluding hydrogens is 450 g/mol. The molecule has 184 valence electrons. The molecule has 0 unspecified atom stereocenters. The lowest BCUT2D eigenvalue weighted by molar-refractivity contribution is 0.0995. The summed E-state index contributed by atoms with van der Waals surface area (Å²) < 4.78 is 13.8. The molecule has 2 aromatic heterocycles. The first-order chi connectivity index (χ1) is 17.1. The number of nitrogens with zero attached hydrogens (tertiary/aromatic N) is 6. The van der Waals surface area contributed by atoms with Crippen molar-refractivity contribution in [2.24, 2.45) is 4.99 Å². The van der Waals surface area contributed by atoms with Gasteiger partial charge in [-0.25, -0.2) is 15.0 Å². The highest BCUT2D eigenvalue weighted by atomic mass is 16.5. The minimum absolute atomic E-state index is 0.0931. The van der Waals surface area contributed by atoms with E-state index in [4.69, 9.17) is 20.2 Å². The van der Waals surface area contributed by atoms with Gasteiger partial charge in [-0.05, 0) is 18.6 Å². The summed E-state index contributed by atoms with van der Waals surface area (Å²) >= 11 is 0. The molecule has 2 aliphatic rings. The van der Waals surface area contributed by atoms with Gasteiger partial charge in [0.05, 0.1) is 12.7 Å². The Hall–Kier alpha value is -3.77. The lowest BCUT2D eigenvalue weighted by atomic mass is 10.1. The summed E-state index contributed by atoms with van der Waals surface area (Å²) in [5.74, 6) is 1.55. The van der Waals surface area contributed by atoms with Crippen molar-refractivity contribution in [2.75, 3.05) is 64.0 Å². The van der Waals surface area contributed by atoms with Crippen LogP contribution in [0.15, 0.2) is 29.5 Å². The van der Waals surface area contributed by atoms with Crippen molar-refractivity contribution in [3.05, 3.63) is 35.7 Å². The predicted octanol–water partition coefficient (Wildman–Crippen LogP) is 0.258. The number of fused-ring (bicyclic) bond motifs is 3. The fourth-order valence-electron chi connectivity index (χ4n) is 4.33. The van der Waals surface area contributed by atoms with Crippen LogP contribution in [-0.2, 0) is 6.54 Å². The maximum absolute atomic E-state index is 12.8. The number of rotatable bonds is 6. The average Bonchev–Trinajstić information content (AvgIpc) is 2.89. The van der Waals surface area contributed by atoms with Gasteiger partial charge in [-0.15, -0.1) is 0 Å². The highest BCUT2D eigenvalue weighted by molar-refractivity contribution is 5.96. The molecule has 4 heterocycles. The second-order valence-electron chi connectivity index (χ2n) is 8.37. The average molecular weight is 480 g/mol. The number of piperazine rings is 1. The van der Waals surface area contributed by atoms with Gasteiger partial charge in [-0.1, -0.05) is 0 Å². The minimum Gasteiger partial charge on any atom is -0.491 e. The zero-order chi connectivity index (χ0) is 24.2. The Morgan fingerprint density at radius 1 is 1.17 bits per heavy atom. The van der Waals surface area contributed by atoms with Crippen LogP contribution in [0.2, 0.25) is 0 Å². The van der Waals surface area contributed by atoms with Crippen molar-refractivity contribution < 1.29 is 14.3 Å². The molecule has 12 heteroatoms. The third kappa shape index (κ3) is 4.88. The van der Waals surface area contributed by atoms with E-state index in [1.807, 2.05) is 16.7 Å². The number of hydrogen-bond acceptors (Lipinski definition) is 10. The van der Waals surface area contributed by atoms with Crippen molar-refractivity contribution in [1.82, 2.24) is 29.7 Å². The molecule has 0 saturated carbocycles. The van der Waals surface area contributed by atoms with Crippen LogP contribution >= 0.6 is 0 Å². The molecule has 1 saturated heterocycles. The molecule has 2 aliphatic heterocycles. The second-order valence-corrected chi connectivity index (χ2v) is 8.37. The molecule has 5 rings (SSSR count). The van der Waals surface area contributed by atoms with Crippen LogP contribution in [0, 0.1) is 0 Å². The number of nitrogen functional groups attached to an aromatic ring is 1. The summed E-state index contributed by atoms with van der Waals surface area (Å²) in [4.78, 5) is 32.0. The van der Waals surface area contributed by atoms with Gasteiger partial charge in [-0.3, -0.25) is 14.3 Å². The molecular formula is C23H29N9O3. The van der Waals surface area contributed by atoms with Crippen LogP contribution in [0.25, 0.3) is 10.9 Å². The number of carbonyl (C=O) groups is 1. The molecule has 0 aliphatic carbocycles. The number of aromatic nitrogens is 4. The highest BCUT2D eigenvalue weighted by Crippen LogP contribution is 2.37. The van der Waals surface area contributed by atoms with E-state index in [1.165, 1.54) is 12.4 Å². The fourth-order valence-corrected chi connectivity index (χ4v) is 4.33. The summed E-state index contributed by atoms with van der Waals surface area (Å²) in [5.41, 5.74) is 6.62. The zero-order valence-electron chi connectivity index (χ0n) is 19.7. The number of methoxy groups -OCH3 is 1. The lowest BCUT2D eigenvalue weighted by Crippen LogP contribution is -2.44. The molecule has 35 heavy (non-hydrogen) atoms. The van der Waals surface area contributed by atoms with E-state index >= 15 is 0 Å². The summed E-state index contributed by atoms with van der Waals surface area (Å²) in [6.07, 6.45) is 3.60. The van der Waals surface area contributed by atoms with Crippen LogP contribution in [0.1, 0.15) is 16.8 Å². The number of hydrogen-bond donors (Lipinski definition) is 3. The Morgan fingerprint density at radius 2 is 1.97 bits per heavy atom. The van der Waals surface area contributed by atoms with Crippen LogP contribution in [-0.4, -0.2) is 83.3 Å². The summed E-state index contributed by atoms with van der Waals surface area (Å²) in [6.45, 7) is 6.85. The van der Waals surface area contributed by atoms with Gasteiger partial charge in [-0.2, -0.15) is 4.99 Å². The van der Waals surface area contributed by atoms with Crippen molar-refractivity contribution in [3.8, 4) is 11.5 Å². The lowest BCUT2D eigenvalue weighted by Gasteiger charge is -2.27. The van der Waals surface area contributed by atoms with Crippen molar-refractivity contribution in [2.45, 2.75) is 13.0 Å². The fraction of sp³-hybridized carbons (Fsp3) is 0.435. The number of carbonyl (C=O) groups excluding carboxylic acids is 1. The summed E-state index contributed by atoms with van der Waals surface area (Å²) in [7, 11) is 1.59. The first kappa shape index (κ1) is 23.0. The van der Waals surface area contributed by atoms with E-state index in [2.05, 4.69) is 30.5 Å². The van der Waals surface area contributed by atoms with E-state index in [1.54, 1.807) is 7.11 Å². The van der Waals surface area contributed by atoms with Gasteiger partial charge < -0.3 is 25.8 Å². The SMILES string of the molecule is COc1c(OCCN2CCNCC2)ccc2c3n(c(=NC(=O)c4cnc(N)nc4)nc12)CCCN3. The standard InChI is InChI=1S/C23H29N9O3/c1-34-19-17(35-12-11-31-9-6-25-7-10-31)4-3-16-18(19)29-23(32-8-2-5-26-20(16)32)30-21(33)15-13-27-22(24)28-14-15/h3-4,13-14,25-26H,2,5-12H2,1H3,(H2,24,27,28). The third-order valence-electron chi connectivity index (χ3n) is 6.12. The predicted molar refractivity (Wildman–Crippen MR) is 131 cm³/mol. The number of anilines is 2. The van der Waals surface area contributed by atoms with Crippen molar-refractivity contribution >= 4 is 28.6 Å². The quantitative estimate of drug-likeness (QED) is 0.450. The van der Waals surface area contributed by atoms with Crippen molar-refractivity contribution in [1.29, 1.82) is 0 Å². The van der Waals surface area contributed by atoms with Gasteiger partial charge in [0.2, 0.25) is 11.6 Å². The highest BCUT2D eigenvalue weighted by Gasteiger charge is 2.20. The largest absolute Gasteiger partial charge is 0.491 e. The van der Waals surface area contributed by atoms with Gasteiger partial charge in [0.1, 0.15) is 17.9 Å². The van der Waals surface area contributed by atoms with Gasteiger partial charge in [0.15, 0.2) is 11.5 Å². The van der Waals surface area contributed by atoms with Gasteiger partial charge >= 0.3 is 0 Å². The first-order valence-corrected chi connectivity index (χ1v) is 11.7. The first-order valence-electron chi connectivity index (χ1n) is 11.7. The van der Waals surface area contributed by atoms with Crippen LogP contribution < -0.4 is 31.5 Å². The molecule has 0 radical (unpaired) electrons. The number of amides is 1. The van der Waals surface area contributed by atoms with Crippen LogP contribution in [0.5, 0.6) is 11.5 Å². The normalized spacial score (nSPS) is 16.5. The van der Waals surface area contributed by atoms with E-state index in [-0.39, 0.29) is 17.1 Å². The number of ether oxygens (including phenoxy) is 2. The smallest absolute Gasteiger partial charge is 0.283 e. The molecule has 0 atom stereocenters. The Labute approximate surface area is 202 Å². The van der Waals surface area contributed by atoms with Gasteiger partial charge in [0.25, 0.3) is 5.91 Å². The maximum atomic E-state index is 12.8. The molecule has 12 nitrogen and oxygen atoms in total. The molecule has 1 fully saturated rings. The zero-order valence-corrected chi connectivity index (χ0v) is 19.7. The molecule has 1 aromatic carbocycles. The van der Waals surface area contributed by atoms with E-state index in [9.17, 15) is 4.79 Å². The molecule has 3 aromatic rings. The Balaban J connectivity index is 1.52. The Kier molecular flexibility index (Phi) is 6.73. The third-order valence-corrected chi connectivity index (χ3v) is 6.12. The molecule has 4 N–H and O–H groups in total. The monoisotopic (exact) mass is 479 g/mol. The molecule has 0 bridgehead atoms. The summed E-state index contributed by atoms with van der Waals surface area (Å²) in [5, 5.41) is 7.65. The van der Waals surface area contributed by atoms with E-state index in [0.717, 1.165) is 56.9 Å². The Morgan fingerprint density at radius 3 is 2.74 bits per heavy atom. The topological polar surface area (TPSA) is 145 Å². The number of benzene rings is 1.